The second-order valence-electron chi connectivity index (χ2n) is 6.53. The molecule has 2 N–H and O–H groups in total. The molecule has 0 saturated heterocycles. The number of methoxy groups -OCH3 is 1. The van der Waals surface area contributed by atoms with Crippen molar-refractivity contribution < 1.29 is 24.2 Å². The zero-order valence-corrected chi connectivity index (χ0v) is 18.4. The van der Waals surface area contributed by atoms with Crippen molar-refractivity contribution in [1.29, 1.82) is 0 Å². The summed E-state index contributed by atoms with van der Waals surface area (Å²) in [6.07, 6.45) is 1.43. The fourth-order valence-electron chi connectivity index (χ4n) is 2.68. The molecule has 0 radical (unpaired) electrons. The van der Waals surface area contributed by atoms with E-state index < -0.39 is 5.97 Å². The highest BCUT2D eigenvalue weighted by Crippen LogP contribution is 2.36. The van der Waals surface area contributed by atoms with Crippen molar-refractivity contribution in [3.05, 3.63) is 93.0 Å². The lowest BCUT2D eigenvalue weighted by Crippen LogP contribution is -2.17. The van der Waals surface area contributed by atoms with E-state index >= 15 is 0 Å². The van der Waals surface area contributed by atoms with Crippen LogP contribution in [-0.4, -0.2) is 30.3 Å². The fraction of sp³-hybridized carbons (Fsp3) is 0.0870. The first-order valence-corrected chi connectivity index (χ1v) is 10.0. The number of carboxylic acids is 1. The Morgan fingerprint density at radius 3 is 2.31 bits per heavy atom. The van der Waals surface area contributed by atoms with Crippen LogP contribution in [0.5, 0.6) is 11.5 Å². The highest BCUT2D eigenvalue weighted by atomic mass is 35.5. The number of ether oxygens (including phenoxy) is 2. The smallest absolute Gasteiger partial charge is 0.335 e. The summed E-state index contributed by atoms with van der Waals surface area (Å²) in [5, 5.41) is 13.7. The van der Waals surface area contributed by atoms with Gasteiger partial charge in [-0.25, -0.2) is 10.2 Å². The standard InChI is InChI=1S/C23H18Cl2N2O5/c1-31-20-11-15(12-26-27-22(28)16-6-8-18(24)9-7-16)10-19(25)21(20)32-13-14-2-4-17(5-3-14)23(29)30/h2-12H,13H2,1H3,(H,27,28)(H,29,30)/b26-12-. The Bertz CT molecular complexity index is 1150. The lowest BCUT2D eigenvalue weighted by molar-refractivity contribution is 0.0696. The Morgan fingerprint density at radius 2 is 1.69 bits per heavy atom. The average molecular weight is 473 g/mol. The number of benzene rings is 3. The van der Waals surface area contributed by atoms with Crippen molar-refractivity contribution in [1.82, 2.24) is 5.43 Å². The maximum atomic E-state index is 12.1. The van der Waals surface area contributed by atoms with Gasteiger partial charge in [0.05, 0.1) is 23.9 Å². The Morgan fingerprint density at radius 1 is 1.03 bits per heavy atom. The third-order valence-corrected chi connectivity index (χ3v) is 4.85. The maximum absolute atomic E-state index is 12.1. The summed E-state index contributed by atoms with van der Waals surface area (Å²) >= 11 is 12.2. The van der Waals surface area contributed by atoms with Gasteiger partial charge < -0.3 is 14.6 Å². The van der Waals surface area contributed by atoms with E-state index in [-0.39, 0.29) is 23.1 Å². The molecular formula is C23H18Cl2N2O5. The van der Waals surface area contributed by atoms with Crippen LogP contribution in [0.2, 0.25) is 10.0 Å². The molecule has 0 fully saturated rings. The summed E-state index contributed by atoms with van der Waals surface area (Å²) in [6.45, 7) is 0.167. The van der Waals surface area contributed by atoms with Gasteiger partial charge in [-0.15, -0.1) is 0 Å². The summed E-state index contributed by atoms with van der Waals surface area (Å²) in [4.78, 5) is 23.0. The second-order valence-corrected chi connectivity index (χ2v) is 7.37. The van der Waals surface area contributed by atoms with Crippen molar-refractivity contribution in [2.45, 2.75) is 6.61 Å². The van der Waals surface area contributed by atoms with Crippen molar-refractivity contribution in [2.24, 2.45) is 5.10 Å². The number of rotatable bonds is 8. The van der Waals surface area contributed by atoms with E-state index in [1.165, 1.54) is 25.5 Å². The molecule has 0 atom stereocenters. The number of carboxylic acid groups (broad SMARTS) is 1. The molecule has 0 saturated carbocycles. The molecule has 0 aromatic heterocycles. The number of amides is 1. The topological polar surface area (TPSA) is 97.2 Å². The SMILES string of the molecule is COc1cc(/C=N\NC(=O)c2ccc(Cl)cc2)cc(Cl)c1OCc1ccc(C(=O)O)cc1. The van der Waals surface area contributed by atoms with Gasteiger partial charge in [-0.2, -0.15) is 5.10 Å². The van der Waals surface area contributed by atoms with E-state index in [0.717, 1.165) is 5.56 Å². The van der Waals surface area contributed by atoms with E-state index in [1.54, 1.807) is 48.5 Å². The fourth-order valence-corrected chi connectivity index (χ4v) is 3.08. The lowest BCUT2D eigenvalue weighted by Gasteiger charge is -2.13. The van der Waals surface area contributed by atoms with Gasteiger partial charge in [-0.3, -0.25) is 4.79 Å². The zero-order valence-electron chi connectivity index (χ0n) is 16.8. The van der Waals surface area contributed by atoms with Gasteiger partial charge in [-0.05, 0) is 59.7 Å². The van der Waals surface area contributed by atoms with E-state index in [0.29, 0.717) is 27.6 Å². The first-order chi connectivity index (χ1) is 15.4. The maximum Gasteiger partial charge on any atom is 0.335 e. The minimum atomic E-state index is -0.996. The van der Waals surface area contributed by atoms with Gasteiger partial charge in [-0.1, -0.05) is 35.3 Å². The normalized spacial score (nSPS) is 10.7. The molecule has 0 bridgehead atoms. The van der Waals surface area contributed by atoms with Crippen LogP contribution in [0.15, 0.2) is 65.8 Å². The number of hydrogen-bond acceptors (Lipinski definition) is 5. The van der Waals surface area contributed by atoms with Gasteiger partial charge >= 0.3 is 5.97 Å². The minimum Gasteiger partial charge on any atom is -0.493 e. The largest absolute Gasteiger partial charge is 0.493 e. The van der Waals surface area contributed by atoms with Gasteiger partial charge in [0.2, 0.25) is 0 Å². The van der Waals surface area contributed by atoms with Crippen LogP contribution in [0, 0.1) is 0 Å². The number of hydrogen-bond donors (Lipinski definition) is 2. The highest BCUT2D eigenvalue weighted by molar-refractivity contribution is 6.32. The molecule has 1 amide bonds. The lowest BCUT2D eigenvalue weighted by atomic mass is 10.1. The van der Waals surface area contributed by atoms with Gasteiger partial charge in [0.1, 0.15) is 6.61 Å². The predicted molar refractivity (Wildman–Crippen MR) is 122 cm³/mol. The first kappa shape index (κ1) is 23.1. The third kappa shape index (κ3) is 6.00. The number of carbonyl (C=O) groups excluding carboxylic acids is 1. The molecule has 0 aliphatic rings. The van der Waals surface area contributed by atoms with E-state index in [2.05, 4.69) is 10.5 Å². The molecule has 7 nitrogen and oxygen atoms in total. The molecule has 3 rings (SSSR count). The number of nitrogens with zero attached hydrogens (tertiary/aromatic N) is 1. The summed E-state index contributed by atoms with van der Waals surface area (Å²) in [6, 6.07) is 16.0. The van der Waals surface area contributed by atoms with E-state index in [4.69, 9.17) is 37.8 Å². The Labute approximate surface area is 194 Å². The van der Waals surface area contributed by atoms with Gasteiger partial charge in [0.25, 0.3) is 5.91 Å². The Balaban J connectivity index is 1.67. The average Bonchev–Trinajstić information content (AvgIpc) is 2.78. The van der Waals surface area contributed by atoms with Crippen molar-refractivity contribution in [3.63, 3.8) is 0 Å². The van der Waals surface area contributed by atoms with Crippen molar-refractivity contribution in [3.8, 4) is 11.5 Å². The summed E-state index contributed by atoms with van der Waals surface area (Å²) < 4.78 is 11.1. The molecule has 0 spiro atoms. The molecule has 32 heavy (non-hydrogen) atoms. The first-order valence-electron chi connectivity index (χ1n) is 9.29. The number of aromatic carboxylic acids is 1. The van der Waals surface area contributed by atoms with Crippen molar-refractivity contribution in [2.75, 3.05) is 7.11 Å². The van der Waals surface area contributed by atoms with Crippen LogP contribution in [0.1, 0.15) is 31.8 Å². The van der Waals surface area contributed by atoms with Crippen LogP contribution in [0.25, 0.3) is 0 Å². The number of halogens is 2. The summed E-state index contributed by atoms with van der Waals surface area (Å²) in [5.41, 5.74) is 4.39. The Hall–Kier alpha value is -3.55. The minimum absolute atomic E-state index is 0.167. The predicted octanol–water partition coefficient (Wildman–Crippen LogP) is 5.04. The molecule has 0 unspecified atom stereocenters. The molecule has 0 aliphatic heterocycles. The molecule has 9 heteroatoms. The molecule has 164 valence electrons. The molecule has 3 aromatic rings. The second kappa shape index (κ2) is 10.7. The van der Waals surface area contributed by atoms with Crippen LogP contribution in [-0.2, 0) is 6.61 Å². The molecule has 0 aliphatic carbocycles. The monoisotopic (exact) mass is 472 g/mol. The van der Waals surface area contributed by atoms with E-state index in [9.17, 15) is 9.59 Å². The van der Waals surface area contributed by atoms with Gasteiger partial charge in [0.15, 0.2) is 11.5 Å². The van der Waals surface area contributed by atoms with Gasteiger partial charge in [0, 0.05) is 10.6 Å². The molecular weight excluding hydrogens is 455 g/mol. The van der Waals surface area contributed by atoms with E-state index in [1.807, 2.05) is 0 Å². The van der Waals surface area contributed by atoms with Crippen LogP contribution in [0.3, 0.4) is 0 Å². The van der Waals surface area contributed by atoms with Crippen LogP contribution >= 0.6 is 23.2 Å². The zero-order chi connectivity index (χ0) is 23.1. The van der Waals surface area contributed by atoms with Crippen LogP contribution in [0.4, 0.5) is 0 Å². The quantitative estimate of drug-likeness (QED) is 0.353. The Kier molecular flexibility index (Phi) is 7.70. The summed E-state index contributed by atoms with van der Waals surface area (Å²) in [7, 11) is 1.48. The number of hydrazone groups is 1. The van der Waals surface area contributed by atoms with Crippen LogP contribution < -0.4 is 14.9 Å². The summed E-state index contributed by atoms with van der Waals surface area (Å²) in [5.74, 6) is -0.669. The number of carbonyl (C=O) groups is 2. The van der Waals surface area contributed by atoms with Crippen molar-refractivity contribution >= 4 is 41.3 Å². The molecule has 0 heterocycles. The number of nitrogens with one attached hydrogen (secondary N) is 1. The third-order valence-electron chi connectivity index (χ3n) is 4.32. The highest BCUT2D eigenvalue weighted by Gasteiger charge is 2.12. The molecule has 3 aromatic carbocycles.